The first-order valence-corrected chi connectivity index (χ1v) is 8.33. The van der Waals surface area contributed by atoms with Crippen molar-refractivity contribution in [3.8, 4) is 0 Å². The number of hydrogen-bond acceptors (Lipinski definition) is 5. The molecule has 2 aromatic rings. The quantitative estimate of drug-likeness (QED) is 0.493. The van der Waals surface area contributed by atoms with Gasteiger partial charge in [-0.15, -0.1) is 0 Å². The molecule has 1 aliphatic rings. The summed E-state index contributed by atoms with van der Waals surface area (Å²) in [6.07, 6.45) is 3.37. The molecule has 0 aliphatic carbocycles. The molecule has 0 bridgehead atoms. The zero-order chi connectivity index (χ0) is 17.6. The van der Waals surface area contributed by atoms with Crippen molar-refractivity contribution in [3.05, 3.63) is 54.0 Å². The standard InChI is InChI=1S/C17H19FN6S/c18-14-2-4-15(5-3-14)23-7-9-24(10-8-23)16-6-1-13(11-20-16)12-21-22-17(19)25/h1-6,11-12H,7-10H2,(H3,19,22,25)/b21-12+. The zero-order valence-corrected chi connectivity index (χ0v) is 14.4. The van der Waals surface area contributed by atoms with E-state index >= 15 is 0 Å². The number of halogens is 1. The van der Waals surface area contributed by atoms with Crippen molar-refractivity contribution >= 4 is 35.1 Å². The Hall–Kier alpha value is -2.74. The molecule has 1 saturated heterocycles. The van der Waals surface area contributed by atoms with Crippen LogP contribution in [-0.4, -0.2) is 42.5 Å². The topological polar surface area (TPSA) is 69.8 Å². The van der Waals surface area contributed by atoms with E-state index in [1.54, 1.807) is 12.4 Å². The van der Waals surface area contributed by atoms with Gasteiger partial charge in [0, 0.05) is 43.6 Å². The molecule has 0 unspecified atom stereocenters. The molecule has 0 atom stereocenters. The fourth-order valence-electron chi connectivity index (χ4n) is 2.68. The van der Waals surface area contributed by atoms with Crippen molar-refractivity contribution in [1.29, 1.82) is 0 Å². The number of pyridine rings is 1. The minimum atomic E-state index is -0.210. The normalized spacial score (nSPS) is 14.8. The van der Waals surface area contributed by atoms with Crippen LogP contribution in [0.5, 0.6) is 0 Å². The lowest BCUT2D eigenvalue weighted by Crippen LogP contribution is -2.46. The first-order valence-electron chi connectivity index (χ1n) is 7.92. The number of nitrogens with zero attached hydrogens (tertiary/aromatic N) is 4. The third kappa shape index (κ3) is 4.63. The molecular formula is C17H19FN6S. The van der Waals surface area contributed by atoms with E-state index in [1.807, 2.05) is 24.3 Å². The summed E-state index contributed by atoms with van der Waals surface area (Å²) in [5, 5.41) is 4.03. The van der Waals surface area contributed by atoms with Crippen LogP contribution in [0.3, 0.4) is 0 Å². The molecule has 2 heterocycles. The number of anilines is 2. The second-order valence-electron chi connectivity index (χ2n) is 5.63. The maximum Gasteiger partial charge on any atom is 0.184 e. The van der Waals surface area contributed by atoms with Gasteiger partial charge in [-0.3, -0.25) is 5.43 Å². The van der Waals surface area contributed by atoms with Crippen molar-refractivity contribution in [1.82, 2.24) is 10.4 Å². The van der Waals surface area contributed by atoms with Crippen LogP contribution < -0.4 is 21.0 Å². The number of hydrogen-bond donors (Lipinski definition) is 2. The fourth-order valence-corrected chi connectivity index (χ4v) is 2.73. The van der Waals surface area contributed by atoms with Gasteiger partial charge in [-0.2, -0.15) is 5.10 Å². The van der Waals surface area contributed by atoms with Crippen molar-refractivity contribution in [2.24, 2.45) is 10.8 Å². The second-order valence-corrected chi connectivity index (χ2v) is 6.07. The van der Waals surface area contributed by atoms with Crippen LogP contribution in [0, 0.1) is 5.82 Å². The zero-order valence-electron chi connectivity index (χ0n) is 13.6. The predicted molar refractivity (Wildman–Crippen MR) is 103 cm³/mol. The van der Waals surface area contributed by atoms with E-state index in [2.05, 4.69) is 37.5 Å². The molecule has 1 aromatic carbocycles. The first kappa shape index (κ1) is 17.1. The summed E-state index contributed by atoms with van der Waals surface area (Å²) >= 11 is 4.68. The molecule has 0 saturated carbocycles. The van der Waals surface area contributed by atoms with Gasteiger partial charge in [0.2, 0.25) is 0 Å². The monoisotopic (exact) mass is 358 g/mol. The van der Waals surface area contributed by atoms with Gasteiger partial charge in [0.15, 0.2) is 5.11 Å². The van der Waals surface area contributed by atoms with E-state index in [0.717, 1.165) is 43.2 Å². The van der Waals surface area contributed by atoms with Crippen LogP contribution in [0.4, 0.5) is 15.9 Å². The van der Waals surface area contributed by atoms with E-state index in [9.17, 15) is 4.39 Å². The Morgan fingerprint density at radius 2 is 1.80 bits per heavy atom. The minimum Gasteiger partial charge on any atom is -0.375 e. The smallest absolute Gasteiger partial charge is 0.184 e. The summed E-state index contributed by atoms with van der Waals surface area (Å²) < 4.78 is 13.0. The summed E-state index contributed by atoms with van der Waals surface area (Å²) in [6, 6.07) is 10.5. The van der Waals surface area contributed by atoms with E-state index in [-0.39, 0.29) is 10.9 Å². The lowest BCUT2D eigenvalue weighted by molar-refractivity contribution is 0.624. The number of benzene rings is 1. The number of aromatic nitrogens is 1. The van der Waals surface area contributed by atoms with E-state index in [1.165, 1.54) is 12.1 Å². The van der Waals surface area contributed by atoms with E-state index in [0.29, 0.717) is 0 Å². The molecule has 1 aliphatic heterocycles. The lowest BCUT2D eigenvalue weighted by Gasteiger charge is -2.36. The number of nitrogens with one attached hydrogen (secondary N) is 1. The Morgan fingerprint density at radius 1 is 1.12 bits per heavy atom. The summed E-state index contributed by atoms with van der Waals surface area (Å²) in [5.74, 6) is 0.719. The first-order chi connectivity index (χ1) is 12.1. The van der Waals surface area contributed by atoms with Crippen LogP contribution in [0.1, 0.15) is 5.56 Å². The molecule has 8 heteroatoms. The molecule has 3 N–H and O–H groups in total. The van der Waals surface area contributed by atoms with Crippen LogP contribution in [0.25, 0.3) is 0 Å². The highest BCUT2D eigenvalue weighted by Crippen LogP contribution is 2.19. The average Bonchev–Trinajstić information content (AvgIpc) is 2.63. The van der Waals surface area contributed by atoms with Gasteiger partial charge >= 0.3 is 0 Å². The van der Waals surface area contributed by atoms with Crippen LogP contribution in [-0.2, 0) is 0 Å². The van der Waals surface area contributed by atoms with E-state index < -0.39 is 0 Å². The third-order valence-corrected chi connectivity index (χ3v) is 4.05. The number of thiocarbonyl (C=S) groups is 1. The number of rotatable bonds is 4. The molecule has 0 amide bonds. The minimum absolute atomic E-state index is 0.125. The van der Waals surface area contributed by atoms with Gasteiger partial charge < -0.3 is 15.5 Å². The second kappa shape index (κ2) is 7.89. The van der Waals surface area contributed by atoms with Gasteiger partial charge in [0.05, 0.1) is 6.21 Å². The van der Waals surface area contributed by atoms with Gasteiger partial charge in [0.25, 0.3) is 0 Å². The molecule has 130 valence electrons. The lowest BCUT2D eigenvalue weighted by atomic mass is 10.2. The summed E-state index contributed by atoms with van der Waals surface area (Å²) in [5.41, 5.74) is 9.71. The molecular weight excluding hydrogens is 339 g/mol. The maximum absolute atomic E-state index is 13.0. The molecule has 0 spiro atoms. The van der Waals surface area contributed by atoms with Crippen molar-refractivity contribution in [3.63, 3.8) is 0 Å². The molecule has 3 rings (SSSR count). The fraction of sp³-hybridized carbons (Fsp3) is 0.235. The van der Waals surface area contributed by atoms with E-state index in [4.69, 9.17) is 5.73 Å². The summed E-state index contributed by atoms with van der Waals surface area (Å²) in [7, 11) is 0. The molecule has 1 aromatic heterocycles. The molecule has 25 heavy (non-hydrogen) atoms. The number of piperazine rings is 1. The Labute approximate surface area is 151 Å². The van der Waals surface area contributed by atoms with Crippen molar-refractivity contribution in [2.45, 2.75) is 0 Å². The largest absolute Gasteiger partial charge is 0.375 e. The number of hydrazone groups is 1. The van der Waals surface area contributed by atoms with Gasteiger partial charge in [-0.05, 0) is 48.6 Å². The van der Waals surface area contributed by atoms with Gasteiger partial charge in [-0.25, -0.2) is 9.37 Å². The predicted octanol–water partition coefficient (Wildman–Crippen LogP) is 1.71. The highest BCUT2D eigenvalue weighted by molar-refractivity contribution is 7.80. The Bertz CT molecular complexity index is 739. The van der Waals surface area contributed by atoms with Crippen LogP contribution in [0.2, 0.25) is 0 Å². The van der Waals surface area contributed by atoms with Crippen LogP contribution >= 0.6 is 12.2 Å². The van der Waals surface area contributed by atoms with Gasteiger partial charge in [0.1, 0.15) is 11.6 Å². The average molecular weight is 358 g/mol. The maximum atomic E-state index is 13.0. The Kier molecular flexibility index (Phi) is 5.39. The molecule has 6 nitrogen and oxygen atoms in total. The molecule has 0 radical (unpaired) electrons. The number of nitrogens with two attached hydrogens (primary N) is 1. The van der Waals surface area contributed by atoms with Crippen LogP contribution in [0.15, 0.2) is 47.7 Å². The van der Waals surface area contributed by atoms with Gasteiger partial charge in [-0.1, -0.05) is 0 Å². The van der Waals surface area contributed by atoms with Crippen molar-refractivity contribution in [2.75, 3.05) is 36.0 Å². The SMILES string of the molecule is NC(=S)N/N=C/c1ccc(N2CCN(c3ccc(F)cc3)CC2)nc1. The highest BCUT2D eigenvalue weighted by atomic mass is 32.1. The summed E-state index contributed by atoms with van der Waals surface area (Å²) in [6.45, 7) is 3.46. The van der Waals surface area contributed by atoms with Crippen molar-refractivity contribution < 1.29 is 4.39 Å². The summed E-state index contributed by atoms with van der Waals surface area (Å²) in [4.78, 5) is 8.96. The third-order valence-electron chi connectivity index (χ3n) is 3.95. The molecule has 1 fully saturated rings. The Morgan fingerprint density at radius 3 is 2.40 bits per heavy atom. The highest BCUT2D eigenvalue weighted by Gasteiger charge is 2.18. The Balaban J connectivity index is 1.56.